The van der Waals surface area contributed by atoms with Gasteiger partial charge in [0.25, 0.3) is 5.91 Å². The van der Waals surface area contributed by atoms with Crippen LogP contribution in [0.4, 0.5) is 5.69 Å². The zero-order valence-corrected chi connectivity index (χ0v) is 17.7. The van der Waals surface area contributed by atoms with Crippen LogP contribution in [0.3, 0.4) is 0 Å². The first-order chi connectivity index (χ1) is 14.1. The van der Waals surface area contributed by atoms with E-state index in [1.54, 1.807) is 24.3 Å². The van der Waals surface area contributed by atoms with Gasteiger partial charge in [0.05, 0.1) is 6.10 Å². The molecule has 0 radical (unpaired) electrons. The van der Waals surface area contributed by atoms with Gasteiger partial charge in [0, 0.05) is 30.8 Å². The molecule has 3 rings (SSSR count). The lowest BCUT2D eigenvalue weighted by atomic mass is 9.86. The van der Waals surface area contributed by atoms with Crippen molar-refractivity contribution in [3.63, 3.8) is 0 Å². The quantitative estimate of drug-likeness (QED) is 0.589. The third-order valence-electron chi connectivity index (χ3n) is 5.68. The molecule has 0 spiro atoms. The lowest BCUT2D eigenvalue weighted by Crippen LogP contribution is -2.34. The third-order valence-corrected chi connectivity index (χ3v) is 5.88. The number of hydrogen-bond donors (Lipinski definition) is 3. The lowest BCUT2D eigenvalue weighted by molar-refractivity contribution is -0.120. The summed E-state index contributed by atoms with van der Waals surface area (Å²) in [5.74, 6) is 0.513. The maximum absolute atomic E-state index is 12.2. The summed E-state index contributed by atoms with van der Waals surface area (Å²) in [6.07, 6.45) is 9.99. The second kappa shape index (κ2) is 11.3. The highest BCUT2D eigenvalue weighted by Crippen LogP contribution is 2.27. The summed E-state index contributed by atoms with van der Waals surface area (Å²) in [6.45, 7) is 1.31. The number of carbonyl (C=O) groups is 2. The Labute approximate surface area is 178 Å². The third kappa shape index (κ3) is 7.40. The van der Waals surface area contributed by atoms with Crippen molar-refractivity contribution in [3.8, 4) is 0 Å². The average molecular weight is 418 g/mol. The van der Waals surface area contributed by atoms with Crippen molar-refractivity contribution in [2.75, 3.05) is 18.5 Å². The predicted octanol–water partition coefficient (Wildman–Crippen LogP) is 3.77. The number of thiocarbonyl (C=S) groups is 1. The maximum atomic E-state index is 12.2. The van der Waals surface area contributed by atoms with Crippen LogP contribution in [0.25, 0.3) is 0 Å². The van der Waals surface area contributed by atoms with Crippen molar-refractivity contribution in [1.29, 1.82) is 0 Å². The number of ether oxygens (including phenoxy) is 1. The van der Waals surface area contributed by atoms with Gasteiger partial charge in [-0.3, -0.25) is 9.59 Å². The summed E-state index contributed by atoms with van der Waals surface area (Å²) in [7, 11) is 0. The van der Waals surface area contributed by atoms with Crippen LogP contribution >= 0.6 is 12.2 Å². The number of nitrogens with one attached hydrogen (secondary N) is 3. The highest BCUT2D eigenvalue weighted by Gasteiger charge is 2.17. The zero-order chi connectivity index (χ0) is 20.5. The van der Waals surface area contributed by atoms with Gasteiger partial charge in [0.15, 0.2) is 5.11 Å². The SMILES string of the molecule is O=C(CCC1CCCCC1)NC(=S)Nc1ccc(C(=O)NCC2CCCO2)cc1. The molecule has 1 aromatic carbocycles. The Morgan fingerprint density at radius 2 is 1.79 bits per heavy atom. The minimum absolute atomic E-state index is 0.0433. The topological polar surface area (TPSA) is 79.5 Å². The number of hydrogen-bond acceptors (Lipinski definition) is 4. The van der Waals surface area contributed by atoms with Crippen LogP contribution < -0.4 is 16.0 Å². The molecule has 1 saturated heterocycles. The summed E-state index contributed by atoms with van der Waals surface area (Å²) >= 11 is 5.23. The summed E-state index contributed by atoms with van der Waals surface area (Å²) in [4.78, 5) is 24.3. The first-order valence-electron chi connectivity index (χ1n) is 10.7. The minimum atomic E-state index is -0.120. The van der Waals surface area contributed by atoms with Crippen molar-refractivity contribution < 1.29 is 14.3 Å². The second-order valence-electron chi connectivity index (χ2n) is 7.97. The number of anilines is 1. The van der Waals surface area contributed by atoms with Crippen molar-refractivity contribution in [2.45, 2.75) is 63.9 Å². The summed E-state index contributed by atoms with van der Waals surface area (Å²) < 4.78 is 5.51. The minimum Gasteiger partial charge on any atom is -0.376 e. The molecule has 2 amide bonds. The Kier molecular flexibility index (Phi) is 8.43. The Morgan fingerprint density at radius 1 is 1.03 bits per heavy atom. The van der Waals surface area contributed by atoms with Crippen LogP contribution in [0, 0.1) is 5.92 Å². The van der Waals surface area contributed by atoms with Gasteiger partial charge >= 0.3 is 0 Å². The van der Waals surface area contributed by atoms with E-state index in [1.165, 1.54) is 32.1 Å². The normalized spacial score (nSPS) is 19.5. The van der Waals surface area contributed by atoms with E-state index >= 15 is 0 Å². The summed E-state index contributed by atoms with van der Waals surface area (Å²) in [5.41, 5.74) is 1.31. The molecule has 1 aliphatic heterocycles. The predicted molar refractivity (Wildman–Crippen MR) is 118 cm³/mol. The van der Waals surface area contributed by atoms with E-state index in [9.17, 15) is 9.59 Å². The molecule has 2 aliphatic rings. The van der Waals surface area contributed by atoms with Gasteiger partial charge in [-0.15, -0.1) is 0 Å². The van der Waals surface area contributed by atoms with E-state index in [1.807, 2.05) is 0 Å². The van der Waals surface area contributed by atoms with Crippen LogP contribution in [-0.4, -0.2) is 36.2 Å². The van der Waals surface area contributed by atoms with Gasteiger partial charge in [-0.1, -0.05) is 32.1 Å². The molecular formula is C22H31N3O3S. The number of carbonyl (C=O) groups excluding carboxylic acids is 2. The van der Waals surface area contributed by atoms with Crippen LogP contribution in [-0.2, 0) is 9.53 Å². The van der Waals surface area contributed by atoms with E-state index in [2.05, 4.69) is 16.0 Å². The van der Waals surface area contributed by atoms with Gasteiger partial charge in [-0.25, -0.2) is 0 Å². The number of amides is 2. The van der Waals surface area contributed by atoms with Gasteiger partial charge in [-0.05, 0) is 61.7 Å². The van der Waals surface area contributed by atoms with Crippen molar-refractivity contribution in [2.24, 2.45) is 5.92 Å². The van der Waals surface area contributed by atoms with E-state index < -0.39 is 0 Å². The molecule has 2 fully saturated rings. The van der Waals surface area contributed by atoms with Gasteiger partial charge in [0.1, 0.15) is 0 Å². The van der Waals surface area contributed by atoms with Crippen LogP contribution in [0.5, 0.6) is 0 Å². The molecule has 1 unspecified atom stereocenters. The Morgan fingerprint density at radius 3 is 2.48 bits per heavy atom. The van der Waals surface area contributed by atoms with Crippen molar-refractivity contribution >= 4 is 34.8 Å². The first kappa shape index (κ1) is 21.7. The van der Waals surface area contributed by atoms with Crippen LogP contribution in [0.15, 0.2) is 24.3 Å². The largest absolute Gasteiger partial charge is 0.376 e. The fourth-order valence-electron chi connectivity index (χ4n) is 3.98. The fourth-order valence-corrected chi connectivity index (χ4v) is 4.21. The Hall–Kier alpha value is -1.99. The molecule has 1 saturated carbocycles. The fraction of sp³-hybridized carbons (Fsp3) is 0.591. The molecule has 158 valence electrons. The van der Waals surface area contributed by atoms with Crippen LogP contribution in [0.1, 0.15) is 68.1 Å². The lowest BCUT2D eigenvalue weighted by Gasteiger charge is -2.21. The van der Waals surface area contributed by atoms with Gasteiger partial charge < -0.3 is 20.7 Å². The zero-order valence-electron chi connectivity index (χ0n) is 16.9. The molecule has 0 bridgehead atoms. The van der Waals surface area contributed by atoms with E-state index in [0.717, 1.165) is 31.6 Å². The van der Waals surface area contributed by atoms with Gasteiger partial charge in [0.2, 0.25) is 5.91 Å². The molecule has 3 N–H and O–H groups in total. The molecule has 1 atom stereocenters. The van der Waals surface area contributed by atoms with Crippen molar-refractivity contribution in [1.82, 2.24) is 10.6 Å². The molecular weight excluding hydrogens is 386 g/mol. The second-order valence-corrected chi connectivity index (χ2v) is 8.38. The molecule has 29 heavy (non-hydrogen) atoms. The molecule has 6 nitrogen and oxygen atoms in total. The van der Waals surface area contributed by atoms with Crippen molar-refractivity contribution in [3.05, 3.63) is 29.8 Å². The highest BCUT2D eigenvalue weighted by atomic mass is 32.1. The number of benzene rings is 1. The number of rotatable bonds is 7. The molecule has 7 heteroatoms. The standard InChI is InChI=1S/C22H31N3O3S/c26-20(13-8-16-5-2-1-3-6-16)25-22(29)24-18-11-9-17(10-12-18)21(27)23-15-19-7-4-14-28-19/h9-12,16,19H,1-8,13-15H2,(H,23,27)(H2,24,25,26,29). The Bertz CT molecular complexity index is 696. The van der Waals surface area contributed by atoms with E-state index in [-0.39, 0.29) is 23.0 Å². The van der Waals surface area contributed by atoms with Gasteiger partial charge in [-0.2, -0.15) is 0 Å². The summed E-state index contributed by atoms with van der Waals surface area (Å²) in [6, 6.07) is 7.03. The van der Waals surface area contributed by atoms with E-state index in [4.69, 9.17) is 17.0 Å². The molecule has 1 heterocycles. The molecule has 0 aromatic heterocycles. The highest BCUT2D eigenvalue weighted by molar-refractivity contribution is 7.80. The monoisotopic (exact) mass is 417 g/mol. The van der Waals surface area contributed by atoms with E-state index in [0.29, 0.717) is 24.4 Å². The Balaban J connectivity index is 1.37. The molecule has 1 aliphatic carbocycles. The average Bonchev–Trinajstić information content (AvgIpc) is 3.25. The molecule has 1 aromatic rings. The summed E-state index contributed by atoms with van der Waals surface area (Å²) in [5, 5.41) is 8.93. The van der Waals surface area contributed by atoms with Crippen LogP contribution in [0.2, 0.25) is 0 Å². The maximum Gasteiger partial charge on any atom is 0.251 e. The first-order valence-corrected chi connectivity index (χ1v) is 11.1. The smallest absolute Gasteiger partial charge is 0.251 e.